The second-order valence-corrected chi connectivity index (χ2v) is 6.23. The van der Waals surface area contributed by atoms with Crippen molar-refractivity contribution in [3.63, 3.8) is 0 Å². The second kappa shape index (κ2) is 5.51. The van der Waals surface area contributed by atoms with E-state index in [-0.39, 0.29) is 0 Å². The number of rotatable bonds is 2. The molecule has 5 heteroatoms. The SMILES string of the molecule is S=c1cc(C2CCCC2)[nH]c(-c2cncc(Br)c2)n1. The Morgan fingerprint density at radius 2 is 2.00 bits per heavy atom. The van der Waals surface area contributed by atoms with Crippen molar-refractivity contribution in [2.75, 3.05) is 0 Å². The summed E-state index contributed by atoms with van der Waals surface area (Å²) in [5.41, 5.74) is 2.17. The van der Waals surface area contributed by atoms with Gasteiger partial charge in [0.25, 0.3) is 0 Å². The van der Waals surface area contributed by atoms with E-state index in [1.165, 1.54) is 31.4 Å². The number of nitrogens with one attached hydrogen (secondary N) is 1. The lowest BCUT2D eigenvalue weighted by atomic mass is 10.0. The molecule has 0 radical (unpaired) electrons. The van der Waals surface area contributed by atoms with Crippen LogP contribution in [0, 0.1) is 4.64 Å². The van der Waals surface area contributed by atoms with Crippen molar-refractivity contribution in [2.45, 2.75) is 31.6 Å². The first-order chi connectivity index (χ1) is 9.22. The van der Waals surface area contributed by atoms with Crippen LogP contribution in [0.2, 0.25) is 0 Å². The van der Waals surface area contributed by atoms with Crippen molar-refractivity contribution in [1.29, 1.82) is 0 Å². The molecule has 3 nitrogen and oxygen atoms in total. The van der Waals surface area contributed by atoms with Gasteiger partial charge < -0.3 is 4.98 Å². The molecule has 1 saturated carbocycles. The highest BCUT2D eigenvalue weighted by atomic mass is 79.9. The number of aromatic amines is 1. The molecule has 1 aliphatic carbocycles. The van der Waals surface area contributed by atoms with Gasteiger partial charge in [-0.25, -0.2) is 4.98 Å². The number of hydrogen-bond acceptors (Lipinski definition) is 3. The highest BCUT2D eigenvalue weighted by Gasteiger charge is 2.18. The van der Waals surface area contributed by atoms with Gasteiger partial charge in [-0.2, -0.15) is 0 Å². The molecule has 0 aliphatic heterocycles. The fourth-order valence-electron chi connectivity index (χ4n) is 2.61. The van der Waals surface area contributed by atoms with Crippen LogP contribution in [0.1, 0.15) is 37.3 Å². The average molecular weight is 336 g/mol. The summed E-state index contributed by atoms with van der Waals surface area (Å²) in [7, 11) is 0. The van der Waals surface area contributed by atoms with Gasteiger partial charge in [-0.15, -0.1) is 0 Å². The van der Waals surface area contributed by atoms with E-state index in [0.29, 0.717) is 10.6 Å². The van der Waals surface area contributed by atoms with Crippen molar-refractivity contribution in [1.82, 2.24) is 15.0 Å². The zero-order valence-electron chi connectivity index (χ0n) is 10.4. The number of aromatic nitrogens is 3. The number of halogens is 1. The van der Waals surface area contributed by atoms with Crippen molar-refractivity contribution >= 4 is 28.1 Å². The monoisotopic (exact) mass is 335 g/mol. The van der Waals surface area contributed by atoms with Gasteiger partial charge in [-0.3, -0.25) is 4.98 Å². The van der Waals surface area contributed by atoms with E-state index >= 15 is 0 Å². The maximum atomic E-state index is 5.29. The Labute approximate surface area is 125 Å². The zero-order chi connectivity index (χ0) is 13.2. The predicted molar refractivity (Wildman–Crippen MR) is 81.6 cm³/mol. The standard InChI is InChI=1S/C14H14BrN3S/c15-11-5-10(7-16-8-11)14-17-12(6-13(19)18-14)9-3-1-2-4-9/h5-9H,1-4H2,(H,17,18,19). The van der Waals surface area contributed by atoms with E-state index in [9.17, 15) is 0 Å². The molecule has 0 atom stereocenters. The summed E-state index contributed by atoms with van der Waals surface area (Å²) >= 11 is 8.72. The zero-order valence-corrected chi connectivity index (χ0v) is 12.8. The predicted octanol–water partition coefficient (Wildman–Crippen LogP) is 4.62. The van der Waals surface area contributed by atoms with Gasteiger partial charge >= 0.3 is 0 Å². The van der Waals surface area contributed by atoms with Gasteiger partial charge in [0.15, 0.2) is 0 Å². The molecule has 2 aromatic rings. The molecule has 1 fully saturated rings. The summed E-state index contributed by atoms with van der Waals surface area (Å²) in [4.78, 5) is 12.0. The van der Waals surface area contributed by atoms with Gasteiger partial charge in [-0.05, 0) is 46.8 Å². The maximum absolute atomic E-state index is 5.29. The van der Waals surface area contributed by atoms with Crippen LogP contribution in [-0.4, -0.2) is 15.0 Å². The van der Waals surface area contributed by atoms with Crippen LogP contribution in [0.3, 0.4) is 0 Å². The minimum Gasteiger partial charge on any atom is -0.343 e. The van der Waals surface area contributed by atoms with Crippen LogP contribution in [0.5, 0.6) is 0 Å². The van der Waals surface area contributed by atoms with Crippen molar-refractivity contribution in [2.24, 2.45) is 0 Å². The number of pyridine rings is 1. The van der Waals surface area contributed by atoms with E-state index < -0.39 is 0 Å². The van der Waals surface area contributed by atoms with E-state index in [1.807, 2.05) is 12.1 Å². The van der Waals surface area contributed by atoms with E-state index in [4.69, 9.17) is 12.2 Å². The topological polar surface area (TPSA) is 41.6 Å². The van der Waals surface area contributed by atoms with Gasteiger partial charge in [-0.1, -0.05) is 25.1 Å². The summed E-state index contributed by atoms with van der Waals surface area (Å²) in [6.07, 6.45) is 8.66. The third-order valence-corrected chi connectivity index (χ3v) is 4.18. The van der Waals surface area contributed by atoms with E-state index in [2.05, 4.69) is 30.9 Å². The highest BCUT2D eigenvalue weighted by Crippen LogP contribution is 2.33. The molecule has 0 spiro atoms. The van der Waals surface area contributed by atoms with Crippen molar-refractivity contribution in [3.05, 3.63) is 39.3 Å². The largest absolute Gasteiger partial charge is 0.343 e. The van der Waals surface area contributed by atoms with Crippen molar-refractivity contribution < 1.29 is 0 Å². The molecule has 0 amide bonds. The highest BCUT2D eigenvalue weighted by molar-refractivity contribution is 9.10. The van der Waals surface area contributed by atoms with Gasteiger partial charge in [0.2, 0.25) is 0 Å². The molecule has 19 heavy (non-hydrogen) atoms. The third kappa shape index (κ3) is 2.92. The molecule has 0 unspecified atom stereocenters. The smallest absolute Gasteiger partial charge is 0.140 e. The Hall–Kier alpha value is -1.07. The summed E-state index contributed by atoms with van der Waals surface area (Å²) < 4.78 is 1.59. The Kier molecular flexibility index (Phi) is 3.75. The first-order valence-corrected chi connectivity index (χ1v) is 7.65. The molecule has 98 valence electrons. The van der Waals surface area contributed by atoms with Gasteiger partial charge in [0.1, 0.15) is 10.5 Å². The lowest BCUT2D eigenvalue weighted by Gasteiger charge is -2.11. The summed E-state index contributed by atoms with van der Waals surface area (Å²) in [6.45, 7) is 0. The Morgan fingerprint density at radius 1 is 1.21 bits per heavy atom. The molecule has 2 aromatic heterocycles. The molecule has 1 aliphatic rings. The average Bonchev–Trinajstić information content (AvgIpc) is 2.92. The summed E-state index contributed by atoms with van der Waals surface area (Å²) in [5, 5.41) is 0. The molecule has 0 saturated heterocycles. The Morgan fingerprint density at radius 3 is 2.74 bits per heavy atom. The van der Waals surface area contributed by atoms with Crippen molar-refractivity contribution in [3.8, 4) is 11.4 Å². The summed E-state index contributed by atoms with van der Waals surface area (Å²) in [5.74, 6) is 1.41. The van der Waals surface area contributed by atoms with Crippen LogP contribution >= 0.6 is 28.1 Å². The van der Waals surface area contributed by atoms with E-state index in [1.54, 1.807) is 12.4 Å². The molecule has 2 heterocycles. The van der Waals surface area contributed by atoms with Crippen LogP contribution in [-0.2, 0) is 0 Å². The fourth-order valence-corrected chi connectivity index (χ4v) is 3.19. The molecule has 3 rings (SSSR count). The normalized spacial score (nSPS) is 15.8. The Bertz CT molecular complexity index is 647. The third-order valence-electron chi connectivity index (χ3n) is 3.54. The van der Waals surface area contributed by atoms with Gasteiger partial charge in [0, 0.05) is 28.1 Å². The van der Waals surface area contributed by atoms with Crippen LogP contribution in [0.4, 0.5) is 0 Å². The van der Waals surface area contributed by atoms with Crippen LogP contribution < -0.4 is 0 Å². The number of nitrogens with zero attached hydrogens (tertiary/aromatic N) is 2. The fraction of sp³-hybridized carbons (Fsp3) is 0.357. The minimum atomic E-state index is 0.601. The first-order valence-electron chi connectivity index (χ1n) is 6.44. The van der Waals surface area contributed by atoms with Crippen LogP contribution in [0.25, 0.3) is 11.4 Å². The second-order valence-electron chi connectivity index (χ2n) is 4.90. The number of H-pyrrole nitrogens is 1. The van der Waals surface area contributed by atoms with Crippen LogP contribution in [0.15, 0.2) is 29.0 Å². The lowest BCUT2D eigenvalue weighted by molar-refractivity contribution is 0.694. The Balaban J connectivity index is 2.04. The van der Waals surface area contributed by atoms with Gasteiger partial charge in [0.05, 0.1) is 0 Å². The lowest BCUT2D eigenvalue weighted by Crippen LogP contribution is -2.00. The minimum absolute atomic E-state index is 0.601. The quantitative estimate of drug-likeness (QED) is 0.814. The number of hydrogen-bond donors (Lipinski definition) is 1. The molecule has 1 N–H and O–H groups in total. The van der Waals surface area contributed by atoms with E-state index in [0.717, 1.165) is 15.9 Å². The molecule has 0 aromatic carbocycles. The molecular formula is C14H14BrN3S. The maximum Gasteiger partial charge on any atom is 0.140 e. The summed E-state index contributed by atoms with van der Waals surface area (Å²) in [6, 6.07) is 4.00. The first kappa shape index (κ1) is 12.9. The molecular weight excluding hydrogens is 322 g/mol. The molecule has 0 bridgehead atoms.